The second-order valence-electron chi connectivity index (χ2n) is 7.30. The Morgan fingerprint density at radius 1 is 1.35 bits per heavy atom. The summed E-state index contributed by atoms with van der Waals surface area (Å²) in [7, 11) is 1.68. The van der Waals surface area contributed by atoms with Crippen molar-refractivity contribution in [3.8, 4) is 0 Å². The first-order valence-electron chi connectivity index (χ1n) is 7.38. The van der Waals surface area contributed by atoms with Gasteiger partial charge in [0, 0.05) is 18.1 Å². The quantitative estimate of drug-likeness (QED) is 0.819. The van der Waals surface area contributed by atoms with Crippen molar-refractivity contribution in [1.29, 1.82) is 0 Å². The molecule has 3 N–H and O–H groups in total. The molecule has 0 radical (unpaired) electrons. The summed E-state index contributed by atoms with van der Waals surface area (Å²) in [5, 5.41) is 2.86. The standard InChI is InChI=1S/C15H29N3O2/c1-14(2,3)17-12(19)10-18(5)13(20)11-8-6-7-9-15(11,4)16/h11H,6-10,16H2,1-5H3,(H,17,19). The highest BCUT2D eigenvalue weighted by Gasteiger charge is 2.39. The van der Waals surface area contributed by atoms with Gasteiger partial charge >= 0.3 is 0 Å². The highest BCUT2D eigenvalue weighted by Crippen LogP contribution is 2.32. The Bertz CT molecular complexity index is 372. The second kappa shape index (κ2) is 6.12. The zero-order valence-corrected chi connectivity index (χ0v) is 13.5. The predicted molar refractivity (Wildman–Crippen MR) is 80.1 cm³/mol. The van der Waals surface area contributed by atoms with E-state index in [4.69, 9.17) is 5.73 Å². The summed E-state index contributed by atoms with van der Waals surface area (Å²) >= 11 is 0. The van der Waals surface area contributed by atoms with Gasteiger partial charge in [-0.2, -0.15) is 0 Å². The molecule has 0 aromatic carbocycles. The largest absolute Gasteiger partial charge is 0.350 e. The molecular formula is C15H29N3O2. The van der Waals surface area contributed by atoms with Crippen molar-refractivity contribution in [3.05, 3.63) is 0 Å². The van der Waals surface area contributed by atoms with Gasteiger partial charge in [-0.05, 0) is 40.5 Å². The van der Waals surface area contributed by atoms with E-state index >= 15 is 0 Å². The van der Waals surface area contributed by atoms with Crippen molar-refractivity contribution >= 4 is 11.8 Å². The van der Waals surface area contributed by atoms with Gasteiger partial charge in [0.15, 0.2) is 0 Å². The lowest BCUT2D eigenvalue weighted by Gasteiger charge is -2.39. The van der Waals surface area contributed by atoms with E-state index in [1.54, 1.807) is 7.05 Å². The van der Waals surface area contributed by atoms with Crippen LogP contribution in [0.5, 0.6) is 0 Å². The van der Waals surface area contributed by atoms with Gasteiger partial charge in [-0.25, -0.2) is 0 Å². The van der Waals surface area contributed by atoms with Gasteiger partial charge in [0.1, 0.15) is 0 Å². The molecule has 0 spiro atoms. The van der Waals surface area contributed by atoms with Gasteiger partial charge < -0.3 is 16.0 Å². The number of carbonyl (C=O) groups is 2. The molecule has 2 amide bonds. The molecule has 116 valence electrons. The van der Waals surface area contributed by atoms with Gasteiger partial charge in [0.05, 0.1) is 12.5 Å². The summed E-state index contributed by atoms with van der Waals surface area (Å²) in [6, 6.07) is 0. The fourth-order valence-electron chi connectivity index (χ4n) is 2.78. The maximum Gasteiger partial charge on any atom is 0.240 e. The topological polar surface area (TPSA) is 75.4 Å². The molecule has 0 aromatic rings. The summed E-state index contributed by atoms with van der Waals surface area (Å²) in [4.78, 5) is 25.9. The van der Waals surface area contributed by atoms with Crippen LogP contribution in [0.4, 0.5) is 0 Å². The summed E-state index contributed by atoms with van der Waals surface area (Å²) in [6.45, 7) is 7.79. The van der Waals surface area contributed by atoms with Crippen molar-refractivity contribution < 1.29 is 9.59 Å². The molecule has 0 aliphatic heterocycles. The van der Waals surface area contributed by atoms with Gasteiger partial charge in [-0.1, -0.05) is 12.8 Å². The molecular weight excluding hydrogens is 254 g/mol. The fraction of sp³-hybridized carbons (Fsp3) is 0.867. The Labute approximate surface area is 122 Å². The number of nitrogens with zero attached hydrogens (tertiary/aromatic N) is 1. The molecule has 20 heavy (non-hydrogen) atoms. The van der Waals surface area contributed by atoms with Gasteiger partial charge in [0.25, 0.3) is 0 Å². The number of amides is 2. The van der Waals surface area contributed by atoms with E-state index in [1.807, 2.05) is 27.7 Å². The smallest absolute Gasteiger partial charge is 0.240 e. The Balaban J connectivity index is 2.60. The molecule has 5 nitrogen and oxygen atoms in total. The highest BCUT2D eigenvalue weighted by molar-refractivity contribution is 5.86. The van der Waals surface area contributed by atoms with E-state index in [0.29, 0.717) is 0 Å². The van der Waals surface area contributed by atoms with Gasteiger partial charge in [-0.15, -0.1) is 0 Å². The number of carbonyl (C=O) groups excluding carboxylic acids is 2. The van der Waals surface area contributed by atoms with Crippen LogP contribution in [-0.4, -0.2) is 41.4 Å². The summed E-state index contributed by atoms with van der Waals surface area (Å²) in [5.41, 5.74) is 5.51. The molecule has 2 atom stereocenters. The summed E-state index contributed by atoms with van der Waals surface area (Å²) in [6.07, 6.45) is 3.79. The maximum absolute atomic E-state index is 12.5. The van der Waals surface area contributed by atoms with E-state index in [9.17, 15) is 9.59 Å². The van der Waals surface area contributed by atoms with E-state index < -0.39 is 5.54 Å². The third-order valence-corrected chi connectivity index (χ3v) is 3.82. The van der Waals surface area contributed by atoms with Crippen LogP contribution in [-0.2, 0) is 9.59 Å². The van der Waals surface area contributed by atoms with Gasteiger partial charge in [0.2, 0.25) is 11.8 Å². The third kappa shape index (κ3) is 4.78. The minimum atomic E-state index is -0.454. The summed E-state index contributed by atoms with van der Waals surface area (Å²) in [5.74, 6) is -0.328. The molecule has 2 unspecified atom stereocenters. The number of hydrogen-bond acceptors (Lipinski definition) is 3. The van der Waals surface area contributed by atoms with Crippen LogP contribution in [0.25, 0.3) is 0 Å². The zero-order valence-electron chi connectivity index (χ0n) is 13.5. The van der Waals surface area contributed by atoms with E-state index in [0.717, 1.165) is 25.7 Å². The Morgan fingerprint density at radius 2 is 1.95 bits per heavy atom. The first-order valence-corrected chi connectivity index (χ1v) is 7.38. The van der Waals surface area contributed by atoms with Crippen LogP contribution in [0.3, 0.4) is 0 Å². The normalized spacial score (nSPS) is 27.0. The molecule has 0 heterocycles. The van der Waals surface area contributed by atoms with Crippen LogP contribution < -0.4 is 11.1 Å². The lowest BCUT2D eigenvalue weighted by atomic mass is 9.74. The Hall–Kier alpha value is -1.10. The molecule has 1 saturated carbocycles. The average molecular weight is 283 g/mol. The van der Waals surface area contributed by atoms with Crippen LogP contribution >= 0.6 is 0 Å². The van der Waals surface area contributed by atoms with Crippen molar-refractivity contribution in [1.82, 2.24) is 10.2 Å². The molecule has 1 fully saturated rings. The average Bonchev–Trinajstić information content (AvgIpc) is 2.24. The molecule has 1 aliphatic carbocycles. The van der Waals surface area contributed by atoms with Crippen molar-refractivity contribution in [2.24, 2.45) is 11.7 Å². The molecule has 0 bridgehead atoms. The number of nitrogens with one attached hydrogen (secondary N) is 1. The minimum Gasteiger partial charge on any atom is -0.350 e. The number of hydrogen-bond donors (Lipinski definition) is 2. The van der Waals surface area contributed by atoms with Crippen LogP contribution in [0.1, 0.15) is 53.4 Å². The monoisotopic (exact) mass is 283 g/mol. The van der Waals surface area contributed by atoms with Crippen molar-refractivity contribution in [3.63, 3.8) is 0 Å². The molecule has 5 heteroatoms. The number of likely N-dealkylation sites (N-methyl/N-ethyl adjacent to an activating group) is 1. The molecule has 0 aromatic heterocycles. The lowest BCUT2D eigenvalue weighted by Crippen LogP contribution is -2.54. The van der Waals surface area contributed by atoms with Crippen LogP contribution in [0.2, 0.25) is 0 Å². The number of rotatable bonds is 3. The third-order valence-electron chi connectivity index (χ3n) is 3.82. The first kappa shape index (κ1) is 17.0. The first-order chi connectivity index (χ1) is 9.03. The number of nitrogens with two attached hydrogens (primary N) is 1. The molecule has 1 rings (SSSR count). The SMILES string of the molecule is CN(CC(=O)NC(C)(C)C)C(=O)C1CCCCC1(C)N. The molecule has 0 saturated heterocycles. The second-order valence-corrected chi connectivity index (χ2v) is 7.30. The van der Waals surface area contributed by atoms with E-state index in [1.165, 1.54) is 4.90 Å². The van der Waals surface area contributed by atoms with Crippen molar-refractivity contribution in [2.45, 2.75) is 64.5 Å². The highest BCUT2D eigenvalue weighted by atomic mass is 16.2. The predicted octanol–water partition coefficient (Wildman–Crippen LogP) is 1.27. The Kier molecular flexibility index (Phi) is 5.19. The van der Waals surface area contributed by atoms with E-state index in [-0.39, 0.29) is 29.8 Å². The molecule has 1 aliphatic rings. The van der Waals surface area contributed by atoms with Crippen LogP contribution in [0.15, 0.2) is 0 Å². The lowest BCUT2D eigenvalue weighted by molar-refractivity contribution is -0.141. The Morgan fingerprint density at radius 3 is 2.45 bits per heavy atom. The zero-order chi connectivity index (χ0) is 15.6. The minimum absolute atomic E-state index is 0.0150. The van der Waals surface area contributed by atoms with Crippen LogP contribution in [0, 0.1) is 5.92 Å². The fourth-order valence-corrected chi connectivity index (χ4v) is 2.78. The van der Waals surface area contributed by atoms with Crippen molar-refractivity contribution in [2.75, 3.05) is 13.6 Å². The van der Waals surface area contributed by atoms with E-state index in [2.05, 4.69) is 5.32 Å². The van der Waals surface area contributed by atoms with Gasteiger partial charge in [-0.3, -0.25) is 9.59 Å². The maximum atomic E-state index is 12.5. The summed E-state index contributed by atoms with van der Waals surface area (Å²) < 4.78 is 0.